The van der Waals surface area contributed by atoms with Crippen LogP contribution < -0.4 is 5.73 Å². The van der Waals surface area contributed by atoms with Crippen molar-refractivity contribution in [2.45, 2.75) is 31.7 Å². The predicted molar refractivity (Wildman–Crippen MR) is 62.0 cm³/mol. The fourth-order valence-electron chi connectivity index (χ4n) is 2.32. The largest absolute Gasteiger partial charge is 0.387 e. The van der Waals surface area contributed by atoms with E-state index < -0.39 is 0 Å². The Balaban J connectivity index is 1.75. The molecule has 2 aliphatic rings. The zero-order chi connectivity index (χ0) is 10.3. The van der Waals surface area contributed by atoms with Crippen molar-refractivity contribution >= 4 is 5.84 Å². The minimum absolute atomic E-state index is 0.406. The van der Waals surface area contributed by atoms with Gasteiger partial charge < -0.3 is 5.73 Å². The van der Waals surface area contributed by atoms with Crippen molar-refractivity contribution < 1.29 is 0 Å². The van der Waals surface area contributed by atoms with Gasteiger partial charge in [-0.2, -0.15) is 0 Å². The number of amidine groups is 1. The van der Waals surface area contributed by atoms with Crippen LogP contribution in [0.4, 0.5) is 0 Å². The zero-order valence-electron chi connectivity index (χ0n) is 8.82. The smallest absolute Gasteiger partial charge is 0.0972 e. The van der Waals surface area contributed by atoms with Gasteiger partial charge in [0.25, 0.3) is 0 Å². The zero-order valence-corrected chi connectivity index (χ0v) is 8.82. The summed E-state index contributed by atoms with van der Waals surface area (Å²) in [5.74, 6) is 1.50. The van der Waals surface area contributed by atoms with E-state index in [-0.39, 0.29) is 0 Å². The Morgan fingerprint density at radius 1 is 1.13 bits per heavy atom. The summed E-state index contributed by atoms with van der Waals surface area (Å²) < 4.78 is 0. The molecule has 1 saturated carbocycles. The number of rotatable bonds is 2. The van der Waals surface area contributed by atoms with Crippen LogP contribution in [0.2, 0.25) is 0 Å². The van der Waals surface area contributed by atoms with Crippen molar-refractivity contribution in [1.29, 1.82) is 0 Å². The second-order valence-electron chi connectivity index (χ2n) is 4.66. The monoisotopic (exact) mass is 200 g/mol. The highest BCUT2D eigenvalue weighted by Crippen LogP contribution is 2.30. The van der Waals surface area contributed by atoms with Crippen LogP contribution in [0, 0.1) is 5.92 Å². The maximum absolute atomic E-state index is 5.94. The van der Waals surface area contributed by atoms with Gasteiger partial charge in [0, 0.05) is 5.92 Å². The number of nitrogens with zero attached hydrogens (tertiary/aromatic N) is 1. The predicted octanol–water partition coefficient (Wildman–Crippen LogP) is 1.92. The molecule has 0 heterocycles. The first-order valence-corrected chi connectivity index (χ1v) is 5.73. The number of hydrogen-bond donors (Lipinski definition) is 1. The van der Waals surface area contributed by atoms with Gasteiger partial charge in [-0.25, -0.2) is 0 Å². The molecule has 2 aliphatic carbocycles. The van der Waals surface area contributed by atoms with Crippen molar-refractivity contribution in [3.05, 3.63) is 35.4 Å². The Morgan fingerprint density at radius 3 is 2.27 bits per heavy atom. The lowest BCUT2D eigenvalue weighted by atomic mass is 10.1. The molecule has 2 heteroatoms. The van der Waals surface area contributed by atoms with Crippen molar-refractivity contribution in [3.63, 3.8) is 0 Å². The average Bonchev–Trinajstić information content (AvgIpc) is 2.99. The highest BCUT2D eigenvalue weighted by atomic mass is 14.9. The van der Waals surface area contributed by atoms with Crippen LogP contribution in [0.15, 0.2) is 29.3 Å². The molecule has 1 aromatic carbocycles. The van der Waals surface area contributed by atoms with E-state index in [9.17, 15) is 0 Å². The van der Waals surface area contributed by atoms with Crippen LogP contribution in [0.3, 0.4) is 0 Å². The molecular formula is C13H16N2. The van der Waals surface area contributed by atoms with Crippen molar-refractivity contribution in [2.75, 3.05) is 0 Å². The average molecular weight is 200 g/mol. The second kappa shape index (κ2) is 3.37. The van der Waals surface area contributed by atoms with Crippen LogP contribution in [0.25, 0.3) is 0 Å². The summed E-state index contributed by atoms with van der Waals surface area (Å²) >= 11 is 0. The van der Waals surface area contributed by atoms with Gasteiger partial charge >= 0.3 is 0 Å². The quantitative estimate of drug-likeness (QED) is 0.575. The molecule has 0 radical (unpaired) electrons. The highest BCUT2D eigenvalue weighted by molar-refractivity contribution is 5.85. The van der Waals surface area contributed by atoms with Gasteiger partial charge in [0.15, 0.2) is 0 Å². The summed E-state index contributed by atoms with van der Waals surface area (Å²) in [6.07, 6.45) is 4.64. The Bertz CT molecular complexity index is 380. The Hall–Kier alpha value is -1.31. The van der Waals surface area contributed by atoms with Gasteiger partial charge in [-0.3, -0.25) is 4.99 Å². The molecule has 2 N–H and O–H groups in total. The summed E-state index contributed by atoms with van der Waals surface area (Å²) in [5.41, 5.74) is 8.85. The molecule has 1 aromatic rings. The molecule has 0 unspecified atom stereocenters. The number of nitrogens with two attached hydrogens (primary N) is 1. The van der Waals surface area contributed by atoms with E-state index in [1.807, 2.05) is 0 Å². The molecule has 0 spiro atoms. The SMILES string of the molecule is NC(=NC1Cc2ccccc2C1)C1CC1. The first-order valence-electron chi connectivity index (χ1n) is 5.73. The highest BCUT2D eigenvalue weighted by Gasteiger charge is 2.27. The van der Waals surface area contributed by atoms with E-state index in [1.54, 1.807) is 0 Å². The molecule has 0 bridgehead atoms. The number of hydrogen-bond acceptors (Lipinski definition) is 1. The standard InChI is InChI=1S/C13H16N2/c14-13(9-5-6-9)15-12-7-10-3-1-2-4-11(10)8-12/h1-4,9,12H,5-8H2,(H2,14,15). The fourth-order valence-corrected chi connectivity index (χ4v) is 2.32. The molecule has 0 aromatic heterocycles. The van der Waals surface area contributed by atoms with Gasteiger partial charge in [0.05, 0.1) is 11.9 Å². The molecule has 0 amide bonds. The van der Waals surface area contributed by atoms with Crippen LogP contribution in [-0.2, 0) is 12.8 Å². The third-order valence-corrected chi connectivity index (χ3v) is 3.36. The van der Waals surface area contributed by atoms with E-state index >= 15 is 0 Å². The number of benzene rings is 1. The molecule has 2 nitrogen and oxygen atoms in total. The molecule has 0 atom stereocenters. The molecule has 0 aliphatic heterocycles. The van der Waals surface area contributed by atoms with Gasteiger partial charge in [-0.1, -0.05) is 24.3 Å². The number of fused-ring (bicyclic) bond motifs is 1. The topological polar surface area (TPSA) is 38.4 Å². The minimum Gasteiger partial charge on any atom is -0.387 e. The summed E-state index contributed by atoms with van der Waals surface area (Å²) in [6, 6.07) is 9.03. The first-order chi connectivity index (χ1) is 7.33. The Kier molecular flexibility index (Phi) is 2.01. The van der Waals surface area contributed by atoms with E-state index in [2.05, 4.69) is 29.3 Å². The molecule has 1 fully saturated rings. The lowest BCUT2D eigenvalue weighted by Gasteiger charge is -2.04. The number of aliphatic imine (C=N–C) groups is 1. The summed E-state index contributed by atoms with van der Waals surface area (Å²) in [7, 11) is 0. The Morgan fingerprint density at radius 2 is 1.73 bits per heavy atom. The van der Waals surface area contributed by atoms with Crippen LogP contribution in [0.5, 0.6) is 0 Å². The summed E-state index contributed by atoms with van der Waals surface area (Å²) in [5, 5.41) is 0. The van der Waals surface area contributed by atoms with E-state index in [0.29, 0.717) is 12.0 Å². The molecule has 3 rings (SSSR count). The summed E-state index contributed by atoms with van der Waals surface area (Å²) in [6.45, 7) is 0. The maximum Gasteiger partial charge on any atom is 0.0972 e. The third-order valence-electron chi connectivity index (χ3n) is 3.36. The van der Waals surface area contributed by atoms with Crippen molar-refractivity contribution in [2.24, 2.45) is 16.6 Å². The normalized spacial score (nSPS) is 21.7. The van der Waals surface area contributed by atoms with Gasteiger partial charge in [0.1, 0.15) is 0 Å². The summed E-state index contributed by atoms with van der Waals surface area (Å²) in [4.78, 5) is 4.65. The van der Waals surface area contributed by atoms with Gasteiger partial charge in [-0.05, 0) is 36.8 Å². The molecular weight excluding hydrogens is 184 g/mol. The Labute approximate surface area is 90.2 Å². The van der Waals surface area contributed by atoms with Crippen LogP contribution >= 0.6 is 0 Å². The van der Waals surface area contributed by atoms with E-state index in [0.717, 1.165) is 18.7 Å². The van der Waals surface area contributed by atoms with E-state index in [4.69, 9.17) is 5.73 Å². The van der Waals surface area contributed by atoms with Gasteiger partial charge in [0.2, 0.25) is 0 Å². The van der Waals surface area contributed by atoms with Crippen molar-refractivity contribution in [3.8, 4) is 0 Å². The molecule has 0 saturated heterocycles. The second-order valence-corrected chi connectivity index (χ2v) is 4.66. The maximum atomic E-state index is 5.94. The van der Waals surface area contributed by atoms with Crippen LogP contribution in [0.1, 0.15) is 24.0 Å². The van der Waals surface area contributed by atoms with E-state index in [1.165, 1.54) is 24.0 Å². The minimum atomic E-state index is 0.406. The molecule has 78 valence electrons. The third kappa shape index (κ3) is 1.76. The first kappa shape index (κ1) is 8.96. The van der Waals surface area contributed by atoms with Crippen molar-refractivity contribution in [1.82, 2.24) is 0 Å². The lowest BCUT2D eigenvalue weighted by Crippen LogP contribution is -2.18. The fraction of sp³-hybridized carbons (Fsp3) is 0.462. The lowest BCUT2D eigenvalue weighted by molar-refractivity contribution is 0.717. The molecule has 15 heavy (non-hydrogen) atoms. The van der Waals surface area contributed by atoms with Crippen LogP contribution in [-0.4, -0.2) is 11.9 Å². The van der Waals surface area contributed by atoms with Gasteiger partial charge in [-0.15, -0.1) is 0 Å².